The smallest absolute Gasteiger partial charge is 0.0351 e. The van der Waals surface area contributed by atoms with Gasteiger partial charge in [0.15, 0.2) is 0 Å². The zero-order valence-corrected chi connectivity index (χ0v) is 7.82. The summed E-state index contributed by atoms with van der Waals surface area (Å²) < 4.78 is 0. The van der Waals surface area contributed by atoms with Crippen LogP contribution in [0.3, 0.4) is 0 Å². The zero-order chi connectivity index (χ0) is 7.82. The van der Waals surface area contributed by atoms with Crippen LogP contribution in [0.25, 0.3) is 0 Å². The normalized spacial score (nSPS) is 10.8. The fourth-order valence-electron chi connectivity index (χ4n) is 0.888. The lowest BCUT2D eigenvalue weighted by atomic mass is 10.2. The lowest BCUT2D eigenvalue weighted by molar-refractivity contribution is 0.344. The Morgan fingerprint density at radius 2 is 1.90 bits per heavy atom. The molecule has 0 unspecified atom stereocenters. The van der Waals surface area contributed by atoms with Crippen molar-refractivity contribution in [3.05, 3.63) is 0 Å². The van der Waals surface area contributed by atoms with Crippen LogP contribution >= 0.6 is 11.6 Å². The largest absolute Gasteiger partial charge is 0.305 e. The van der Waals surface area contributed by atoms with E-state index in [1.165, 1.54) is 25.8 Å². The maximum Gasteiger partial charge on any atom is 0.0351 e. The topological polar surface area (TPSA) is 3.24 Å². The molecule has 0 saturated carbocycles. The van der Waals surface area contributed by atoms with Crippen molar-refractivity contribution >= 4 is 11.6 Å². The van der Waals surface area contributed by atoms with Gasteiger partial charge in [-0.25, -0.2) is 0 Å². The van der Waals surface area contributed by atoms with Crippen LogP contribution in [0, 0.1) is 0 Å². The van der Waals surface area contributed by atoms with Crippen LogP contribution < -0.4 is 0 Å². The molecule has 0 bridgehead atoms. The number of hydrogen-bond acceptors (Lipinski definition) is 1. The molecule has 0 aliphatic heterocycles. The van der Waals surface area contributed by atoms with Gasteiger partial charge < -0.3 is 4.90 Å². The third-order valence-corrected chi connectivity index (χ3v) is 1.78. The predicted molar refractivity (Wildman–Crippen MR) is 47.7 cm³/mol. The Morgan fingerprint density at radius 3 is 2.40 bits per heavy atom. The van der Waals surface area contributed by atoms with Crippen LogP contribution in [0.15, 0.2) is 0 Å². The number of halogens is 1. The fraction of sp³-hybridized carbons (Fsp3) is 1.00. The molecule has 0 aromatic heterocycles. The number of hydrogen-bond donors (Lipinski definition) is 0. The summed E-state index contributed by atoms with van der Waals surface area (Å²) in [5.41, 5.74) is 0. The Bertz CT molecular complexity index is 66.3. The molecule has 62 valence electrons. The Kier molecular flexibility index (Phi) is 7.54. The summed E-state index contributed by atoms with van der Waals surface area (Å²) in [4.78, 5) is 2.28. The van der Waals surface area contributed by atoms with Crippen molar-refractivity contribution in [3.8, 4) is 0 Å². The van der Waals surface area contributed by atoms with Gasteiger partial charge in [-0.3, -0.25) is 0 Å². The van der Waals surface area contributed by atoms with Crippen molar-refractivity contribution in [2.75, 3.05) is 26.0 Å². The predicted octanol–water partition coefficient (Wildman–Crippen LogP) is 2.35. The molecule has 0 N–H and O–H groups in total. The molecule has 0 rings (SSSR count). The lowest BCUT2D eigenvalue weighted by Gasteiger charge is -2.13. The second-order valence-electron chi connectivity index (χ2n) is 2.70. The van der Waals surface area contributed by atoms with Crippen molar-refractivity contribution in [1.29, 1.82) is 0 Å². The van der Waals surface area contributed by atoms with Crippen molar-refractivity contribution in [1.82, 2.24) is 4.90 Å². The number of nitrogens with zero attached hydrogens (tertiary/aromatic N) is 1. The zero-order valence-electron chi connectivity index (χ0n) is 7.07. The first kappa shape index (κ1) is 10.2. The van der Waals surface area contributed by atoms with Gasteiger partial charge in [0, 0.05) is 12.4 Å². The Labute approximate surface area is 69.4 Å². The average Bonchev–Trinajstić information content (AvgIpc) is 1.89. The standard InChI is InChI=1S/C8H18ClN/c1-3-4-5-7-10(2)8-6-9/h3-8H2,1-2H3. The highest BCUT2D eigenvalue weighted by atomic mass is 35.5. The quantitative estimate of drug-likeness (QED) is 0.429. The summed E-state index contributed by atoms with van der Waals surface area (Å²) in [6, 6.07) is 0. The van der Waals surface area contributed by atoms with Crippen molar-refractivity contribution in [2.24, 2.45) is 0 Å². The van der Waals surface area contributed by atoms with Crippen molar-refractivity contribution in [2.45, 2.75) is 26.2 Å². The molecule has 0 fully saturated rings. The van der Waals surface area contributed by atoms with E-state index < -0.39 is 0 Å². The first-order valence-electron chi connectivity index (χ1n) is 4.05. The van der Waals surface area contributed by atoms with Gasteiger partial charge in [-0.1, -0.05) is 19.8 Å². The summed E-state index contributed by atoms with van der Waals surface area (Å²) in [7, 11) is 2.12. The van der Waals surface area contributed by atoms with Gasteiger partial charge in [-0.2, -0.15) is 0 Å². The second-order valence-corrected chi connectivity index (χ2v) is 3.08. The molecular formula is C8H18ClN. The minimum Gasteiger partial charge on any atom is -0.305 e. The van der Waals surface area contributed by atoms with E-state index in [-0.39, 0.29) is 0 Å². The minimum atomic E-state index is 0.753. The summed E-state index contributed by atoms with van der Waals surface area (Å²) in [6.07, 6.45) is 3.95. The van der Waals surface area contributed by atoms with E-state index in [2.05, 4.69) is 18.9 Å². The van der Waals surface area contributed by atoms with Crippen LogP contribution in [-0.4, -0.2) is 30.9 Å². The fourth-order valence-corrected chi connectivity index (χ4v) is 1.18. The number of rotatable bonds is 6. The summed E-state index contributed by atoms with van der Waals surface area (Å²) in [6.45, 7) is 4.44. The molecule has 0 saturated heterocycles. The Balaban J connectivity index is 2.97. The maximum absolute atomic E-state index is 5.57. The van der Waals surface area contributed by atoms with E-state index >= 15 is 0 Å². The highest BCUT2D eigenvalue weighted by molar-refractivity contribution is 6.18. The molecule has 10 heavy (non-hydrogen) atoms. The number of alkyl halides is 1. The van der Waals surface area contributed by atoms with Crippen LogP contribution in [-0.2, 0) is 0 Å². The van der Waals surface area contributed by atoms with Gasteiger partial charge in [0.2, 0.25) is 0 Å². The van der Waals surface area contributed by atoms with Gasteiger partial charge >= 0.3 is 0 Å². The van der Waals surface area contributed by atoms with Crippen molar-refractivity contribution in [3.63, 3.8) is 0 Å². The van der Waals surface area contributed by atoms with E-state index in [1.54, 1.807) is 0 Å². The molecule has 0 heterocycles. The molecule has 0 aromatic carbocycles. The van der Waals surface area contributed by atoms with E-state index in [0.29, 0.717) is 0 Å². The van der Waals surface area contributed by atoms with Gasteiger partial charge in [0.1, 0.15) is 0 Å². The van der Waals surface area contributed by atoms with E-state index in [9.17, 15) is 0 Å². The van der Waals surface area contributed by atoms with E-state index in [0.717, 1.165) is 12.4 Å². The molecule has 0 radical (unpaired) electrons. The van der Waals surface area contributed by atoms with E-state index in [4.69, 9.17) is 11.6 Å². The molecule has 1 nitrogen and oxygen atoms in total. The van der Waals surface area contributed by atoms with Crippen LogP contribution in [0.4, 0.5) is 0 Å². The van der Waals surface area contributed by atoms with Gasteiger partial charge in [0.25, 0.3) is 0 Å². The Morgan fingerprint density at radius 1 is 1.20 bits per heavy atom. The van der Waals surface area contributed by atoms with Crippen molar-refractivity contribution < 1.29 is 0 Å². The summed E-state index contributed by atoms with van der Waals surface area (Å²) >= 11 is 5.57. The molecule has 0 aromatic rings. The highest BCUT2D eigenvalue weighted by Gasteiger charge is 1.94. The van der Waals surface area contributed by atoms with Crippen LogP contribution in [0.1, 0.15) is 26.2 Å². The minimum absolute atomic E-state index is 0.753. The SMILES string of the molecule is CCCCCN(C)CCCl. The maximum atomic E-state index is 5.57. The second kappa shape index (κ2) is 7.36. The third-order valence-electron chi connectivity index (χ3n) is 1.61. The molecule has 0 spiro atoms. The third kappa shape index (κ3) is 6.37. The summed E-state index contributed by atoms with van der Waals surface area (Å²) in [5, 5.41) is 0. The average molecular weight is 164 g/mol. The van der Waals surface area contributed by atoms with Crippen LogP contribution in [0.5, 0.6) is 0 Å². The first-order chi connectivity index (χ1) is 4.81. The molecule has 2 heteroatoms. The molecule has 0 atom stereocenters. The molecular weight excluding hydrogens is 146 g/mol. The molecule has 0 amide bonds. The number of unbranched alkanes of at least 4 members (excludes halogenated alkanes) is 2. The van der Waals surface area contributed by atoms with Gasteiger partial charge in [0.05, 0.1) is 0 Å². The van der Waals surface area contributed by atoms with Gasteiger partial charge in [-0.15, -0.1) is 11.6 Å². The first-order valence-corrected chi connectivity index (χ1v) is 4.59. The van der Waals surface area contributed by atoms with Gasteiger partial charge in [-0.05, 0) is 20.0 Å². The molecule has 0 aliphatic rings. The monoisotopic (exact) mass is 163 g/mol. The molecule has 0 aliphatic carbocycles. The Hall–Kier alpha value is 0.250. The van der Waals surface area contributed by atoms with Crippen LogP contribution in [0.2, 0.25) is 0 Å². The lowest BCUT2D eigenvalue weighted by Crippen LogP contribution is -2.21. The summed E-state index contributed by atoms with van der Waals surface area (Å²) in [5.74, 6) is 0.753. The highest BCUT2D eigenvalue weighted by Crippen LogP contribution is 1.95. The van der Waals surface area contributed by atoms with E-state index in [1.807, 2.05) is 0 Å².